The first kappa shape index (κ1) is 20.0. The number of nitrogens with one attached hydrogen (secondary N) is 1. The number of benzene rings is 2. The summed E-state index contributed by atoms with van der Waals surface area (Å²) in [7, 11) is 0. The molecule has 0 aliphatic carbocycles. The summed E-state index contributed by atoms with van der Waals surface area (Å²) in [6.45, 7) is 3.38. The minimum absolute atomic E-state index is 0.517. The van der Waals surface area contributed by atoms with Crippen molar-refractivity contribution in [3.63, 3.8) is 0 Å². The number of carboxylic acid groups (broad SMARTS) is 1. The molecular formula is C20H22N2O5. The maximum absolute atomic E-state index is 12.1. The van der Waals surface area contributed by atoms with Gasteiger partial charge >= 0.3 is 12.1 Å². The number of hydrogen-bond donors (Lipinski definition) is 3. The zero-order chi connectivity index (χ0) is 20.0. The van der Waals surface area contributed by atoms with Crippen molar-refractivity contribution in [1.29, 1.82) is 0 Å². The molecule has 7 nitrogen and oxygen atoms in total. The van der Waals surface area contributed by atoms with Crippen molar-refractivity contribution in [1.82, 2.24) is 5.32 Å². The van der Waals surface area contributed by atoms with Crippen LogP contribution in [0.2, 0.25) is 0 Å². The fourth-order valence-corrected chi connectivity index (χ4v) is 2.56. The summed E-state index contributed by atoms with van der Waals surface area (Å²) in [5.41, 5.74) is 6.81. The molecule has 1 atom stereocenters. The summed E-state index contributed by atoms with van der Waals surface area (Å²) in [6.07, 6.45) is -1.46. The number of carbonyl (C=O) groups excluding carboxylic acids is 2. The van der Waals surface area contributed by atoms with E-state index in [1.165, 1.54) is 0 Å². The van der Waals surface area contributed by atoms with Gasteiger partial charge in [0.2, 0.25) is 5.91 Å². The highest BCUT2D eigenvalue weighted by molar-refractivity contribution is 5.86. The SMILES string of the molecule is CC(C)(OC(=O)N[C@@H](CC(N)=O)C(=O)O)c1ccc(-c2ccccc2)cc1. The molecule has 0 fully saturated rings. The van der Waals surface area contributed by atoms with E-state index >= 15 is 0 Å². The monoisotopic (exact) mass is 370 g/mol. The van der Waals surface area contributed by atoms with Crippen molar-refractivity contribution in [3.8, 4) is 11.1 Å². The van der Waals surface area contributed by atoms with E-state index in [1.807, 2.05) is 54.6 Å². The van der Waals surface area contributed by atoms with Gasteiger partial charge in [0.15, 0.2) is 0 Å². The average Bonchev–Trinajstić information content (AvgIpc) is 2.61. The second kappa shape index (κ2) is 8.35. The van der Waals surface area contributed by atoms with Crippen LogP contribution in [0.4, 0.5) is 4.79 Å². The van der Waals surface area contributed by atoms with Crippen LogP contribution >= 0.6 is 0 Å². The number of aliphatic carboxylic acids is 1. The van der Waals surface area contributed by atoms with Gasteiger partial charge in [0, 0.05) is 0 Å². The smallest absolute Gasteiger partial charge is 0.408 e. The summed E-state index contributed by atoms with van der Waals surface area (Å²) >= 11 is 0. The third-order valence-electron chi connectivity index (χ3n) is 4.03. The molecule has 2 amide bonds. The van der Waals surface area contributed by atoms with Gasteiger partial charge in [-0.15, -0.1) is 0 Å². The Balaban J connectivity index is 2.07. The fraction of sp³-hybridized carbons (Fsp3) is 0.250. The van der Waals surface area contributed by atoms with Crippen molar-refractivity contribution in [3.05, 3.63) is 60.2 Å². The molecule has 0 aliphatic rings. The molecule has 0 heterocycles. The molecule has 0 aliphatic heterocycles. The van der Waals surface area contributed by atoms with Crippen LogP contribution in [0.1, 0.15) is 25.8 Å². The Bertz CT molecular complexity index is 816. The Kier molecular flexibility index (Phi) is 6.18. The van der Waals surface area contributed by atoms with E-state index in [-0.39, 0.29) is 0 Å². The number of rotatable bonds is 7. The first-order valence-electron chi connectivity index (χ1n) is 8.35. The number of carbonyl (C=O) groups is 3. The molecular weight excluding hydrogens is 348 g/mol. The second-order valence-corrected chi connectivity index (χ2v) is 6.55. The molecule has 2 rings (SSSR count). The lowest BCUT2D eigenvalue weighted by Crippen LogP contribution is -2.45. The van der Waals surface area contributed by atoms with E-state index in [0.717, 1.165) is 16.7 Å². The number of amides is 2. The normalized spacial score (nSPS) is 12.1. The standard InChI is InChI=1S/C20H22N2O5/c1-20(2,27-19(26)22-16(18(24)25)12-17(21)23)15-10-8-14(9-11-15)13-6-4-3-5-7-13/h3-11,16H,12H2,1-2H3,(H2,21,23)(H,22,26)(H,24,25)/t16-/m0/s1. The highest BCUT2D eigenvalue weighted by atomic mass is 16.6. The van der Waals surface area contributed by atoms with Crippen LogP contribution < -0.4 is 11.1 Å². The Morgan fingerprint density at radius 1 is 1.04 bits per heavy atom. The minimum atomic E-state index is -1.44. The molecule has 0 unspecified atom stereocenters. The summed E-state index contributed by atoms with van der Waals surface area (Å²) < 4.78 is 5.37. The van der Waals surface area contributed by atoms with Gasteiger partial charge in [0.05, 0.1) is 6.42 Å². The number of alkyl carbamates (subject to hydrolysis) is 1. The van der Waals surface area contributed by atoms with Crippen molar-refractivity contribution in [2.45, 2.75) is 31.9 Å². The van der Waals surface area contributed by atoms with E-state index in [1.54, 1.807) is 13.8 Å². The molecule has 0 bridgehead atoms. The summed E-state index contributed by atoms with van der Waals surface area (Å²) in [5, 5.41) is 11.2. The maximum Gasteiger partial charge on any atom is 0.408 e. The van der Waals surface area contributed by atoms with Crippen molar-refractivity contribution in [2.24, 2.45) is 5.73 Å². The molecule has 4 N–H and O–H groups in total. The lowest BCUT2D eigenvalue weighted by molar-refractivity contribution is -0.141. The van der Waals surface area contributed by atoms with Crippen LogP contribution in [0.3, 0.4) is 0 Å². The lowest BCUT2D eigenvalue weighted by atomic mass is 9.95. The van der Waals surface area contributed by atoms with Crippen molar-refractivity contribution >= 4 is 18.0 Å². The second-order valence-electron chi connectivity index (χ2n) is 6.55. The molecule has 0 saturated heterocycles. The van der Waals surface area contributed by atoms with Crippen LogP contribution in [0.25, 0.3) is 11.1 Å². The van der Waals surface area contributed by atoms with Crippen LogP contribution in [0.15, 0.2) is 54.6 Å². The molecule has 0 saturated carbocycles. The number of carboxylic acids is 1. The molecule has 0 spiro atoms. The van der Waals surface area contributed by atoms with Crippen LogP contribution in [0.5, 0.6) is 0 Å². The van der Waals surface area contributed by atoms with Gasteiger partial charge in [-0.05, 0) is 30.5 Å². The zero-order valence-corrected chi connectivity index (χ0v) is 15.1. The van der Waals surface area contributed by atoms with E-state index in [2.05, 4.69) is 5.32 Å². The van der Waals surface area contributed by atoms with E-state index < -0.39 is 36.0 Å². The highest BCUT2D eigenvalue weighted by Gasteiger charge is 2.29. The number of hydrogen-bond acceptors (Lipinski definition) is 4. The molecule has 27 heavy (non-hydrogen) atoms. The lowest BCUT2D eigenvalue weighted by Gasteiger charge is -2.26. The Morgan fingerprint density at radius 2 is 1.59 bits per heavy atom. The Hall–Kier alpha value is -3.35. The topological polar surface area (TPSA) is 119 Å². The van der Waals surface area contributed by atoms with E-state index in [9.17, 15) is 14.4 Å². The highest BCUT2D eigenvalue weighted by Crippen LogP contribution is 2.27. The Morgan fingerprint density at radius 3 is 2.11 bits per heavy atom. The summed E-state index contributed by atoms with van der Waals surface area (Å²) in [4.78, 5) is 34.1. The van der Waals surface area contributed by atoms with Gasteiger partial charge in [-0.2, -0.15) is 0 Å². The van der Waals surface area contributed by atoms with Gasteiger partial charge in [-0.1, -0.05) is 54.6 Å². The molecule has 0 aromatic heterocycles. The maximum atomic E-state index is 12.1. The first-order chi connectivity index (χ1) is 12.7. The fourth-order valence-electron chi connectivity index (χ4n) is 2.56. The van der Waals surface area contributed by atoms with Crippen LogP contribution in [-0.2, 0) is 19.9 Å². The van der Waals surface area contributed by atoms with Gasteiger partial charge in [-0.3, -0.25) is 4.79 Å². The average molecular weight is 370 g/mol. The zero-order valence-electron chi connectivity index (χ0n) is 15.1. The summed E-state index contributed by atoms with van der Waals surface area (Å²) in [5.74, 6) is -2.20. The molecule has 2 aromatic carbocycles. The third kappa shape index (κ3) is 5.57. The predicted molar refractivity (Wildman–Crippen MR) is 99.8 cm³/mol. The van der Waals surface area contributed by atoms with Gasteiger partial charge in [0.25, 0.3) is 0 Å². The van der Waals surface area contributed by atoms with Crippen molar-refractivity contribution < 1.29 is 24.2 Å². The first-order valence-corrected chi connectivity index (χ1v) is 8.35. The van der Waals surface area contributed by atoms with Crippen molar-refractivity contribution in [2.75, 3.05) is 0 Å². The van der Waals surface area contributed by atoms with Gasteiger partial charge in [-0.25, -0.2) is 9.59 Å². The predicted octanol–water partition coefficient (Wildman–Crippen LogP) is 2.64. The largest absolute Gasteiger partial charge is 0.480 e. The molecule has 142 valence electrons. The van der Waals surface area contributed by atoms with Gasteiger partial charge < -0.3 is 20.9 Å². The third-order valence-corrected chi connectivity index (χ3v) is 4.03. The van der Waals surface area contributed by atoms with Crippen LogP contribution in [0, 0.1) is 0 Å². The van der Waals surface area contributed by atoms with E-state index in [4.69, 9.17) is 15.6 Å². The number of ether oxygens (including phenoxy) is 1. The number of primary amides is 1. The molecule has 2 aromatic rings. The minimum Gasteiger partial charge on any atom is -0.480 e. The molecule has 0 radical (unpaired) electrons. The summed E-state index contributed by atoms with van der Waals surface area (Å²) in [6, 6.07) is 15.9. The van der Waals surface area contributed by atoms with Crippen LogP contribution in [-0.4, -0.2) is 29.1 Å². The van der Waals surface area contributed by atoms with Gasteiger partial charge in [0.1, 0.15) is 11.6 Å². The van der Waals surface area contributed by atoms with E-state index in [0.29, 0.717) is 0 Å². The quantitative estimate of drug-likeness (QED) is 0.692. The Labute approximate surface area is 157 Å². The number of nitrogens with two attached hydrogens (primary N) is 1. The molecule has 7 heteroatoms.